The number of rotatable bonds is 2. The molecule has 0 aromatic heterocycles. The van der Waals surface area contributed by atoms with Crippen molar-refractivity contribution in [2.75, 3.05) is 13.7 Å². The van der Waals surface area contributed by atoms with Crippen LogP contribution in [0.2, 0.25) is 0 Å². The normalized spacial score (nSPS) is 22.4. The number of carbonyl (C=O) groups excluding carboxylic acids is 1. The molecule has 6 heteroatoms. The predicted molar refractivity (Wildman–Crippen MR) is 44.8 cm³/mol. The SMILES string of the molecule is CN1C(=N)NC(=O)/C1=C\C(O)CO. The third-order valence-corrected chi connectivity index (χ3v) is 1.70. The number of aliphatic hydroxyl groups excluding tert-OH is 2. The molecule has 0 spiro atoms. The van der Waals surface area contributed by atoms with Crippen LogP contribution in [-0.2, 0) is 4.79 Å². The Morgan fingerprint density at radius 3 is 2.77 bits per heavy atom. The van der Waals surface area contributed by atoms with Crippen LogP contribution in [0, 0.1) is 5.41 Å². The van der Waals surface area contributed by atoms with Crippen molar-refractivity contribution in [1.29, 1.82) is 5.41 Å². The van der Waals surface area contributed by atoms with Gasteiger partial charge in [0.1, 0.15) is 5.70 Å². The number of likely N-dealkylation sites (N-methyl/N-ethyl adjacent to an activating group) is 1. The molecule has 0 aromatic carbocycles. The van der Waals surface area contributed by atoms with Crippen LogP contribution in [0.4, 0.5) is 0 Å². The summed E-state index contributed by atoms with van der Waals surface area (Å²) in [5.41, 5.74) is 0.173. The Labute approximate surface area is 75.0 Å². The van der Waals surface area contributed by atoms with Gasteiger partial charge >= 0.3 is 0 Å². The Kier molecular flexibility index (Phi) is 2.64. The van der Waals surface area contributed by atoms with Gasteiger partial charge in [-0.15, -0.1) is 0 Å². The highest BCUT2D eigenvalue weighted by Crippen LogP contribution is 2.09. The van der Waals surface area contributed by atoms with Crippen molar-refractivity contribution in [2.45, 2.75) is 6.10 Å². The van der Waals surface area contributed by atoms with E-state index in [1.807, 2.05) is 0 Å². The molecule has 4 N–H and O–H groups in total. The van der Waals surface area contributed by atoms with Gasteiger partial charge in [0.25, 0.3) is 5.91 Å². The highest BCUT2D eigenvalue weighted by atomic mass is 16.3. The molecule has 1 atom stereocenters. The zero-order valence-corrected chi connectivity index (χ0v) is 7.11. The summed E-state index contributed by atoms with van der Waals surface area (Å²) in [4.78, 5) is 12.4. The summed E-state index contributed by atoms with van der Waals surface area (Å²) in [6.07, 6.45) is 0.130. The Bertz CT molecular complexity index is 274. The van der Waals surface area contributed by atoms with Crippen LogP contribution in [0.15, 0.2) is 11.8 Å². The number of aliphatic hydroxyl groups is 2. The van der Waals surface area contributed by atoms with Gasteiger partial charge in [-0.2, -0.15) is 0 Å². The molecule has 0 saturated carbocycles. The largest absolute Gasteiger partial charge is 0.393 e. The Hall–Kier alpha value is -1.40. The second-order valence-electron chi connectivity index (χ2n) is 2.66. The fourth-order valence-corrected chi connectivity index (χ4v) is 0.951. The molecule has 1 saturated heterocycles. The van der Waals surface area contributed by atoms with Gasteiger partial charge < -0.3 is 15.1 Å². The molecule has 13 heavy (non-hydrogen) atoms. The quantitative estimate of drug-likeness (QED) is 0.382. The molecule has 0 radical (unpaired) electrons. The van der Waals surface area contributed by atoms with Crippen molar-refractivity contribution in [2.24, 2.45) is 0 Å². The summed E-state index contributed by atoms with van der Waals surface area (Å²) in [6, 6.07) is 0. The number of hydrogen-bond acceptors (Lipinski definition) is 4. The monoisotopic (exact) mass is 185 g/mol. The molecule has 1 heterocycles. The second kappa shape index (κ2) is 3.55. The minimum atomic E-state index is -1.07. The van der Waals surface area contributed by atoms with E-state index >= 15 is 0 Å². The highest BCUT2D eigenvalue weighted by molar-refractivity contribution is 6.12. The molecule has 0 bridgehead atoms. The average Bonchev–Trinajstić information content (AvgIpc) is 2.32. The van der Waals surface area contributed by atoms with E-state index in [0.717, 1.165) is 0 Å². The maximum Gasteiger partial charge on any atom is 0.274 e. The first-order valence-electron chi connectivity index (χ1n) is 3.70. The van der Waals surface area contributed by atoms with E-state index in [4.69, 9.17) is 15.6 Å². The van der Waals surface area contributed by atoms with E-state index < -0.39 is 18.6 Å². The molecule has 1 aliphatic rings. The van der Waals surface area contributed by atoms with E-state index in [1.54, 1.807) is 0 Å². The summed E-state index contributed by atoms with van der Waals surface area (Å²) >= 11 is 0. The van der Waals surface area contributed by atoms with Crippen LogP contribution in [0.25, 0.3) is 0 Å². The van der Waals surface area contributed by atoms with Crippen molar-refractivity contribution >= 4 is 11.9 Å². The standard InChI is InChI=1S/C7H11N3O3/c1-10-5(2-4(12)3-11)6(13)9-7(10)8/h2,4,11-12H,3H2,1H3,(H2,8,9,13)/b5-2+. The summed E-state index contributed by atoms with van der Waals surface area (Å²) < 4.78 is 0. The number of guanidine groups is 1. The van der Waals surface area contributed by atoms with Crippen molar-refractivity contribution in [3.63, 3.8) is 0 Å². The fraction of sp³-hybridized carbons (Fsp3) is 0.429. The van der Waals surface area contributed by atoms with Crippen LogP contribution < -0.4 is 5.32 Å². The number of carbonyl (C=O) groups is 1. The zero-order chi connectivity index (χ0) is 10.0. The van der Waals surface area contributed by atoms with Gasteiger partial charge in [-0.25, -0.2) is 0 Å². The minimum absolute atomic E-state index is 0.0404. The van der Waals surface area contributed by atoms with Crippen LogP contribution in [0.3, 0.4) is 0 Å². The van der Waals surface area contributed by atoms with E-state index in [1.165, 1.54) is 18.0 Å². The fourth-order valence-electron chi connectivity index (χ4n) is 0.951. The molecule has 72 valence electrons. The van der Waals surface area contributed by atoms with E-state index in [2.05, 4.69) is 5.32 Å². The van der Waals surface area contributed by atoms with Crippen molar-refractivity contribution in [1.82, 2.24) is 10.2 Å². The average molecular weight is 185 g/mol. The van der Waals surface area contributed by atoms with Gasteiger partial charge in [-0.05, 0) is 6.08 Å². The molecular formula is C7H11N3O3. The van der Waals surface area contributed by atoms with Crippen LogP contribution in [0.5, 0.6) is 0 Å². The van der Waals surface area contributed by atoms with Gasteiger partial charge in [-0.3, -0.25) is 15.5 Å². The first kappa shape index (κ1) is 9.69. The van der Waals surface area contributed by atoms with Gasteiger partial charge in [0.05, 0.1) is 12.7 Å². The summed E-state index contributed by atoms with van der Waals surface area (Å²) in [7, 11) is 1.52. The molecular weight excluding hydrogens is 174 g/mol. The number of nitrogens with one attached hydrogen (secondary N) is 2. The maximum atomic E-state index is 11.1. The van der Waals surface area contributed by atoms with Gasteiger partial charge in [0.2, 0.25) is 5.96 Å². The van der Waals surface area contributed by atoms with E-state index in [9.17, 15) is 4.79 Å². The maximum absolute atomic E-state index is 11.1. The molecule has 1 unspecified atom stereocenters. The third-order valence-electron chi connectivity index (χ3n) is 1.70. The van der Waals surface area contributed by atoms with Crippen LogP contribution >= 0.6 is 0 Å². The lowest BCUT2D eigenvalue weighted by Crippen LogP contribution is -2.25. The second-order valence-corrected chi connectivity index (χ2v) is 2.66. The summed E-state index contributed by atoms with van der Waals surface area (Å²) in [5.74, 6) is -0.485. The lowest BCUT2D eigenvalue weighted by Gasteiger charge is -2.10. The number of hydrogen-bond donors (Lipinski definition) is 4. The van der Waals surface area contributed by atoms with Crippen molar-refractivity contribution in [3.8, 4) is 0 Å². The molecule has 1 amide bonds. The smallest absolute Gasteiger partial charge is 0.274 e. The first-order valence-corrected chi connectivity index (χ1v) is 3.70. The summed E-state index contributed by atoms with van der Waals surface area (Å²) in [6.45, 7) is -0.446. The van der Waals surface area contributed by atoms with E-state index in [-0.39, 0.29) is 11.7 Å². The molecule has 0 aromatic rings. The first-order chi connectivity index (χ1) is 6.06. The molecule has 6 nitrogen and oxygen atoms in total. The molecule has 1 aliphatic heterocycles. The summed E-state index contributed by atoms with van der Waals surface area (Å²) in [5, 5.41) is 27.1. The van der Waals surface area contributed by atoms with Crippen molar-refractivity contribution in [3.05, 3.63) is 11.8 Å². The van der Waals surface area contributed by atoms with Crippen LogP contribution in [-0.4, -0.2) is 46.7 Å². The zero-order valence-electron chi connectivity index (χ0n) is 7.11. The topological polar surface area (TPSA) is 96.7 Å². The van der Waals surface area contributed by atoms with Gasteiger partial charge in [0, 0.05) is 7.05 Å². The lowest BCUT2D eigenvalue weighted by molar-refractivity contribution is -0.116. The lowest BCUT2D eigenvalue weighted by atomic mass is 10.3. The Morgan fingerprint density at radius 1 is 1.77 bits per heavy atom. The molecule has 1 fully saturated rings. The Morgan fingerprint density at radius 2 is 2.38 bits per heavy atom. The van der Waals surface area contributed by atoms with Crippen LogP contribution in [0.1, 0.15) is 0 Å². The highest BCUT2D eigenvalue weighted by Gasteiger charge is 2.27. The number of nitrogens with zero attached hydrogens (tertiary/aromatic N) is 1. The predicted octanol–water partition coefficient (Wildman–Crippen LogP) is -1.78. The molecule has 1 rings (SSSR count). The van der Waals surface area contributed by atoms with Gasteiger partial charge in [-0.1, -0.05) is 0 Å². The molecule has 0 aliphatic carbocycles. The van der Waals surface area contributed by atoms with Crippen molar-refractivity contribution < 1.29 is 15.0 Å². The third kappa shape index (κ3) is 1.85. The minimum Gasteiger partial charge on any atom is -0.393 e. The Balaban J connectivity index is 2.85. The van der Waals surface area contributed by atoms with Gasteiger partial charge in [0.15, 0.2) is 0 Å². The van der Waals surface area contributed by atoms with E-state index in [0.29, 0.717) is 0 Å². The number of amides is 1.